The van der Waals surface area contributed by atoms with E-state index >= 15 is 0 Å². The normalized spacial score (nSPS) is 19.3. The molecule has 2 N–H and O–H groups in total. The molecule has 2 rings (SSSR count). The van der Waals surface area contributed by atoms with E-state index in [1.54, 1.807) is 17.0 Å². The molecule has 1 heterocycles. The highest BCUT2D eigenvalue weighted by Gasteiger charge is 2.25. The van der Waals surface area contributed by atoms with Crippen LogP contribution in [0.15, 0.2) is 18.2 Å². The van der Waals surface area contributed by atoms with Crippen molar-refractivity contribution in [2.45, 2.75) is 6.10 Å². The molecule has 0 spiro atoms. The van der Waals surface area contributed by atoms with Crippen LogP contribution in [0.3, 0.4) is 0 Å². The minimum atomic E-state index is -0.580. The Morgan fingerprint density at radius 3 is 3.11 bits per heavy atom. The van der Waals surface area contributed by atoms with Crippen molar-refractivity contribution in [3.63, 3.8) is 0 Å². The summed E-state index contributed by atoms with van der Waals surface area (Å²) in [6, 6.07) is 6.76. The van der Waals surface area contributed by atoms with Crippen LogP contribution in [0, 0.1) is 11.3 Å². The quantitative estimate of drug-likeness (QED) is 0.776. The molecule has 1 atom stereocenters. The van der Waals surface area contributed by atoms with Crippen LogP contribution in [0.5, 0.6) is 0 Å². The average Bonchev–Trinajstić information content (AvgIpc) is 2.41. The number of nitrogen functional groups attached to an aromatic ring is 1. The lowest BCUT2D eigenvalue weighted by molar-refractivity contribution is 0.00351. The molecule has 0 aromatic heterocycles. The predicted molar refractivity (Wildman–Crippen MR) is 67.1 cm³/mol. The number of nitriles is 1. The highest BCUT2D eigenvalue weighted by Crippen LogP contribution is 2.20. The van der Waals surface area contributed by atoms with Crippen molar-refractivity contribution < 1.29 is 9.53 Å². The van der Waals surface area contributed by atoms with Crippen molar-refractivity contribution in [1.82, 2.24) is 4.90 Å². The van der Waals surface area contributed by atoms with Crippen LogP contribution in [0.1, 0.15) is 10.4 Å². The first-order chi connectivity index (χ1) is 8.61. The minimum Gasteiger partial charge on any atom is -0.398 e. The first kappa shape index (κ1) is 12.7. The number of nitrogens with two attached hydrogens (primary N) is 1. The molecule has 18 heavy (non-hydrogen) atoms. The summed E-state index contributed by atoms with van der Waals surface area (Å²) in [4.78, 5) is 13.8. The van der Waals surface area contributed by atoms with E-state index in [1.807, 2.05) is 6.07 Å². The van der Waals surface area contributed by atoms with Crippen molar-refractivity contribution in [2.75, 3.05) is 25.4 Å². The van der Waals surface area contributed by atoms with Gasteiger partial charge in [-0.2, -0.15) is 5.26 Å². The van der Waals surface area contributed by atoms with E-state index in [4.69, 9.17) is 27.3 Å². The topological polar surface area (TPSA) is 79.4 Å². The molecule has 0 saturated carbocycles. The summed E-state index contributed by atoms with van der Waals surface area (Å²) in [7, 11) is 0. The van der Waals surface area contributed by atoms with E-state index in [2.05, 4.69) is 0 Å². The Hall–Kier alpha value is -1.77. The predicted octanol–water partition coefficient (Wildman–Crippen LogP) is 1.29. The number of halogens is 1. The van der Waals surface area contributed by atoms with Gasteiger partial charge in [0, 0.05) is 17.3 Å². The van der Waals surface area contributed by atoms with Gasteiger partial charge in [0.15, 0.2) is 6.10 Å². The molecule has 1 aliphatic heterocycles. The average molecular weight is 266 g/mol. The van der Waals surface area contributed by atoms with Gasteiger partial charge in [-0.15, -0.1) is 0 Å². The highest BCUT2D eigenvalue weighted by atomic mass is 35.5. The van der Waals surface area contributed by atoms with Crippen LogP contribution in [-0.2, 0) is 4.74 Å². The van der Waals surface area contributed by atoms with Crippen molar-refractivity contribution in [2.24, 2.45) is 0 Å². The molecule has 6 heteroatoms. The largest absolute Gasteiger partial charge is 0.398 e. The van der Waals surface area contributed by atoms with Crippen LogP contribution >= 0.6 is 11.6 Å². The van der Waals surface area contributed by atoms with E-state index in [1.165, 1.54) is 6.07 Å². The van der Waals surface area contributed by atoms with Gasteiger partial charge in [-0.05, 0) is 18.2 Å². The lowest BCUT2D eigenvalue weighted by Crippen LogP contribution is -2.45. The smallest absolute Gasteiger partial charge is 0.256 e. The van der Waals surface area contributed by atoms with E-state index in [9.17, 15) is 4.79 Å². The molecule has 1 aromatic carbocycles. The molecule has 0 bridgehead atoms. The number of hydrogen-bond donors (Lipinski definition) is 1. The number of anilines is 1. The number of hydrogen-bond acceptors (Lipinski definition) is 4. The molecule has 0 radical (unpaired) electrons. The first-order valence-electron chi connectivity index (χ1n) is 5.47. The van der Waals surface area contributed by atoms with Crippen molar-refractivity contribution in [3.05, 3.63) is 28.8 Å². The Morgan fingerprint density at radius 2 is 2.39 bits per heavy atom. The van der Waals surface area contributed by atoms with Gasteiger partial charge in [0.1, 0.15) is 0 Å². The molecule has 0 aliphatic carbocycles. The minimum absolute atomic E-state index is 0.224. The summed E-state index contributed by atoms with van der Waals surface area (Å²) in [6.07, 6.45) is -0.580. The fourth-order valence-electron chi connectivity index (χ4n) is 1.80. The van der Waals surface area contributed by atoms with E-state index < -0.39 is 6.10 Å². The lowest BCUT2D eigenvalue weighted by atomic mass is 10.1. The van der Waals surface area contributed by atoms with Crippen LogP contribution in [0.2, 0.25) is 5.02 Å². The fourth-order valence-corrected chi connectivity index (χ4v) is 1.97. The Kier molecular flexibility index (Phi) is 3.70. The second-order valence-electron chi connectivity index (χ2n) is 3.97. The summed E-state index contributed by atoms with van der Waals surface area (Å²) < 4.78 is 5.19. The second kappa shape index (κ2) is 5.25. The summed E-state index contributed by atoms with van der Waals surface area (Å²) in [5.74, 6) is -0.224. The monoisotopic (exact) mass is 265 g/mol. The standard InChI is InChI=1S/C12H12ClN3O2/c13-8-1-2-11(15)10(5-8)12(17)16-3-4-18-9(6-14)7-16/h1-2,5,9H,3-4,7,15H2. The zero-order chi connectivity index (χ0) is 13.1. The van der Waals surface area contributed by atoms with Crippen LogP contribution in [0.25, 0.3) is 0 Å². The van der Waals surface area contributed by atoms with Crippen LogP contribution in [0.4, 0.5) is 5.69 Å². The number of carbonyl (C=O) groups is 1. The number of amides is 1. The molecule has 1 amide bonds. The third kappa shape index (κ3) is 2.55. The molecular weight excluding hydrogens is 254 g/mol. The Labute approximate surface area is 110 Å². The molecule has 1 aliphatic rings. The summed E-state index contributed by atoms with van der Waals surface area (Å²) >= 11 is 5.85. The molecule has 1 fully saturated rings. The molecule has 1 unspecified atom stereocenters. The molecule has 1 aromatic rings. The Morgan fingerprint density at radius 1 is 1.61 bits per heavy atom. The third-order valence-electron chi connectivity index (χ3n) is 2.74. The number of benzene rings is 1. The van der Waals surface area contributed by atoms with Gasteiger partial charge in [-0.3, -0.25) is 4.79 Å². The fraction of sp³-hybridized carbons (Fsp3) is 0.333. The summed E-state index contributed by atoms with van der Waals surface area (Å²) in [5.41, 5.74) is 6.50. The maximum Gasteiger partial charge on any atom is 0.256 e. The maximum atomic E-state index is 12.3. The number of nitrogens with zero attached hydrogens (tertiary/aromatic N) is 2. The van der Waals surface area contributed by atoms with Crippen molar-refractivity contribution in [3.8, 4) is 6.07 Å². The van der Waals surface area contributed by atoms with Gasteiger partial charge in [-0.25, -0.2) is 0 Å². The number of morpholine rings is 1. The third-order valence-corrected chi connectivity index (χ3v) is 2.98. The Balaban J connectivity index is 2.21. The number of rotatable bonds is 1. The number of carbonyl (C=O) groups excluding carboxylic acids is 1. The van der Waals surface area contributed by atoms with Gasteiger partial charge in [-0.1, -0.05) is 11.6 Å². The van der Waals surface area contributed by atoms with Gasteiger partial charge >= 0.3 is 0 Å². The van der Waals surface area contributed by atoms with Crippen molar-refractivity contribution in [1.29, 1.82) is 5.26 Å². The van der Waals surface area contributed by atoms with Gasteiger partial charge in [0.25, 0.3) is 5.91 Å². The van der Waals surface area contributed by atoms with Gasteiger partial charge in [0.05, 0.1) is 24.8 Å². The molecule has 94 valence electrons. The van der Waals surface area contributed by atoms with E-state index in [-0.39, 0.29) is 12.5 Å². The van der Waals surface area contributed by atoms with Crippen molar-refractivity contribution >= 4 is 23.2 Å². The first-order valence-corrected chi connectivity index (χ1v) is 5.85. The van der Waals surface area contributed by atoms with Crippen LogP contribution < -0.4 is 5.73 Å². The molecular formula is C12H12ClN3O2. The summed E-state index contributed by atoms with van der Waals surface area (Å²) in [5, 5.41) is 9.26. The lowest BCUT2D eigenvalue weighted by Gasteiger charge is -2.30. The summed E-state index contributed by atoms with van der Waals surface area (Å²) in [6.45, 7) is 1.05. The Bertz CT molecular complexity index is 513. The highest BCUT2D eigenvalue weighted by molar-refractivity contribution is 6.31. The molecule has 5 nitrogen and oxygen atoms in total. The molecule has 1 saturated heterocycles. The second-order valence-corrected chi connectivity index (χ2v) is 4.41. The van der Waals surface area contributed by atoms with E-state index in [0.717, 1.165) is 0 Å². The SMILES string of the molecule is N#CC1CN(C(=O)c2cc(Cl)ccc2N)CCO1. The maximum absolute atomic E-state index is 12.3. The number of ether oxygens (including phenoxy) is 1. The van der Waals surface area contributed by atoms with Gasteiger partial charge in [0.2, 0.25) is 0 Å². The zero-order valence-electron chi connectivity index (χ0n) is 9.60. The van der Waals surface area contributed by atoms with Crippen LogP contribution in [-0.4, -0.2) is 36.6 Å². The zero-order valence-corrected chi connectivity index (χ0v) is 10.4. The van der Waals surface area contributed by atoms with E-state index in [0.29, 0.717) is 29.4 Å². The van der Waals surface area contributed by atoms with Gasteiger partial charge < -0.3 is 15.4 Å².